The van der Waals surface area contributed by atoms with Crippen LogP contribution < -0.4 is 15.0 Å². The van der Waals surface area contributed by atoms with Gasteiger partial charge in [-0.1, -0.05) is 18.2 Å². The van der Waals surface area contributed by atoms with Crippen molar-refractivity contribution in [2.45, 2.75) is 0 Å². The van der Waals surface area contributed by atoms with Gasteiger partial charge in [0.15, 0.2) is 0 Å². The molecule has 1 N–H and O–H groups in total. The van der Waals surface area contributed by atoms with Gasteiger partial charge in [-0.25, -0.2) is 0 Å². The van der Waals surface area contributed by atoms with Crippen LogP contribution in [-0.4, -0.2) is 21.2 Å². The Kier molecular flexibility index (Phi) is 3.72. The highest BCUT2D eigenvalue weighted by Crippen LogP contribution is 2.32. The van der Waals surface area contributed by atoms with Crippen LogP contribution in [0, 0.1) is 0 Å². The van der Waals surface area contributed by atoms with Gasteiger partial charge < -0.3 is 15.0 Å². The van der Waals surface area contributed by atoms with Gasteiger partial charge in [0.1, 0.15) is 5.75 Å². The predicted molar refractivity (Wildman–Crippen MR) is 77.0 cm³/mol. The molecule has 94 valence electrons. The third kappa shape index (κ3) is 2.40. The largest absolute Gasteiger partial charge is 0.495 e. The van der Waals surface area contributed by atoms with Gasteiger partial charge in [0.05, 0.1) is 12.8 Å². The first-order valence-electron chi connectivity index (χ1n) is 5.91. The van der Waals surface area contributed by atoms with Crippen LogP contribution in [0.5, 0.6) is 5.75 Å². The van der Waals surface area contributed by atoms with Gasteiger partial charge in [-0.2, -0.15) is 0 Å². The maximum atomic E-state index is 5.39. The molecule has 0 aliphatic carbocycles. The van der Waals surface area contributed by atoms with Crippen molar-refractivity contribution < 1.29 is 4.74 Å². The quantitative estimate of drug-likeness (QED) is 0.888. The lowest BCUT2D eigenvalue weighted by atomic mass is 10.2. The fourth-order valence-corrected chi connectivity index (χ4v) is 1.92. The Labute approximate surface area is 108 Å². The van der Waals surface area contributed by atoms with Gasteiger partial charge in [-0.15, -0.1) is 0 Å². The molecule has 2 rings (SSSR count). The molecule has 0 aliphatic rings. The molecule has 0 spiro atoms. The van der Waals surface area contributed by atoms with Crippen LogP contribution in [0.15, 0.2) is 48.5 Å². The number of para-hydroxylation sites is 2. The van der Waals surface area contributed by atoms with Gasteiger partial charge in [0.2, 0.25) is 0 Å². The van der Waals surface area contributed by atoms with E-state index in [9.17, 15) is 0 Å². The maximum Gasteiger partial charge on any atom is 0.142 e. The van der Waals surface area contributed by atoms with Crippen LogP contribution in [0.3, 0.4) is 0 Å². The molecule has 2 aromatic carbocycles. The van der Waals surface area contributed by atoms with Gasteiger partial charge in [-0.3, -0.25) is 0 Å². The van der Waals surface area contributed by atoms with Gasteiger partial charge in [0.25, 0.3) is 0 Å². The number of rotatable bonds is 4. The number of methoxy groups -OCH3 is 1. The van der Waals surface area contributed by atoms with Crippen molar-refractivity contribution in [1.82, 2.24) is 0 Å². The highest BCUT2D eigenvalue weighted by molar-refractivity contribution is 5.70. The molecule has 0 aliphatic heterocycles. The Balaban J connectivity index is 2.37. The molecule has 3 heteroatoms. The van der Waals surface area contributed by atoms with Crippen molar-refractivity contribution in [3.63, 3.8) is 0 Å². The molecule has 0 saturated heterocycles. The Morgan fingerprint density at radius 2 is 1.83 bits per heavy atom. The molecule has 0 amide bonds. The number of nitrogens with one attached hydrogen (secondary N) is 1. The molecule has 0 bridgehead atoms. The van der Waals surface area contributed by atoms with Crippen molar-refractivity contribution >= 4 is 17.1 Å². The molecule has 18 heavy (non-hydrogen) atoms. The van der Waals surface area contributed by atoms with Crippen LogP contribution in [0.25, 0.3) is 0 Å². The number of ether oxygens (including phenoxy) is 1. The Hall–Kier alpha value is -2.16. The van der Waals surface area contributed by atoms with Crippen molar-refractivity contribution in [2.24, 2.45) is 0 Å². The summed E-state index contributed by atoms with van der Waals surface area (Å²) in [7, 11) is 5.64. The minimum absolute atomic E-state index is 0.870. The first kappa shape index (κ1) is 12.3. The van der Waals surface area contributed by atoms with E-state index in [1.807, 2.05) is 50.5 Å². The zero-order valence-corrected chi connectivity index (χ0v) is 11.0. The molecule has 0 fully saturated rings. The second kappa shape index (κ2) is 5.45. The minimum Gasteiger partial charge on any atom is -0.495 e. The molecule has 0 radical (unpaired) electrons. The second-order valence-corrected chi connectivity index (χ2v) is 4.03. The zero-order chi connectivity index (χ0) is 13.0. The normalized spacial score (nSPS) is 9.94. The number of hydrogen-bond donors (Lipinski definition) is 1. The Morgan fingerprint density at radius 3 is 2.56 bits per heavy atom. The summed E-state index contributed by atoms with van der Waals surface area (Å²) in [5.41, 5.74) is 3.26. The van der Waals surface area contributed by atoms with Crippen molar-refractivity contribution in [1.29, 1.82) is 0 Å². The Bertz CT molecular complexity index is 525. The van der Waals surface area contributed by atoms with E-state index >= 15 is 0 Å². The lowest BCUT2D eigenvalue weighted by Crippen LogP contribution is -2.10. The highest BCUT2D eigenvalue weighted by atomic mass is 16.5. The summed E-state index contributed by atoms with van der Waals surface area (Å²) in [6, 6.07) is 16.3. The second-order valence-electron chi connectivity index (χ2n) is 4.03. The van der Waals surface area contributed by atoms with E-state index in [1.54, 1.807) is 7.11 Å². The number of anilines is 3. The molecule has 0 unspecified atom stereocenters. The fourth-order valence-electron chi connectivity index (χ4n) is 1.92. The SMILES string of the molecule is CNc1cccc(N(C)c2ccccc2OC)c1. The van der Waals surface area contributed by atoms with E-state index < -0.39 is 0 Å². The summed E-state index contributed by atoms with van der Waals surface area (Å²) >= 11 is 0. The van der Waals surface area contributed by atoms with Crippen LogP contribution >= 0.6 is 0 Å². The highest BCUT2D eigenvalue weighted by Gasteiger charge is 2.09. The van der Waals surface area contributed by atoms with E-state index in [2.05, 4.69) is 22.3 Å². The summed E-state index contributed by atoms with van der Waals surface area (Å²) in [6.45, 7) is 0. The molecular formula is C15H18N2O. The molecule has 0 atom stereocenters. The standard InChI is InChI=1S/C15H18N2O/c1-16-12-7-6-8-13(11-12)17(2)14-9-4-5-10-15(14)18-3/h4-11,16H,1-3H3. The summed E-state index contributed by atoms with van der Waals surface area (Å²) in [6.07, 6.45) is 0. The number of hydrogen-bond acceptors (Lipinski definition) is 3. The third-order valence-electron chi connectivity index (χ3n) is 2.97. The summed E-state index contributed by atoms with van der Waals surface area (Å²) in [5.74, 6) is 0.870. The smallest absolute Gasteiger partial charge is 0.142 e. The van der Waals surface area contributed by atoms with Crippen molar-refractivity contribution in [3.8, 4) is 5.75 Å². The topological polar surface area (TPSA) is 24.5 Å². The molecule has 2 aromatic rings. The van der Waals surface area contributed by atoms with Crippen molar-refractivity contribution in [2.75, 3.05) is 31.4 Å². The van der Waals surface area contributed by atoms with Gasteiger partial charge in [-0.05, 0) is 30.3 Å². The van der Waals surface area contributed by atoms with E-state index in [4.69, 9.17) is 4.74 Å². The van der Waals surface area contributed by atoms with Crippen molar-refractivity contribution in [3.05, 3.63) is 48.5 Å². The van der Waals surface area contributed by atoms with E-state index in [0.717, 1.165) is 22.8 Å². The molecule has 0 aromatic heterocycles. The fraction of sp³-hybridized carbons (Fsp3) is 0.200. The molecule has 0 saturated carbocycles. The molecule has 3 nitrogen and oxygen atoms in total. The predicted octanol–water partition coefficient (Wildman–Crippen LogP) is 3.50. The van der Waals surface area contributed by atoms with Crippen LogP contribution in [-0.2, 0) is 0 Å². The first-order chi connectivity index (χ1) is 8.76. The lowest BCUT2D eigenvalue weighted by molar-refractivity contribution is 0.415. The van der Waals surface area contributed by atoms with E-state index in [0.29, 0.717) is 0 Å². The van der Waals surface area contributed by atoms with Crippen LogP contribution in [0.2, 0.25) is 0 Å². The van der Waals surface area contributed by atoms with Gasteiger partial charge in [0, 0.05) is 25.5 Å². The average molecular weight is 242 g/mol. The number of nitrogens with zero attached hydrogens (tertiary/aromatic N) is 1. The average Bonchev–Trinajstić information content (AvgIpc) is 2.46. The van der Waals surface area contributed by atoms with Gasteiger partial charge >= 0.3 is 0 Å². The van der Waals surface area contributed by atoms with E-state index in [-0.39, 0.29) is 0 Å². The molecule has 0 heterocycles. The Morgan fingerprint density at radius 1 is 1.06 bits per heavy atom. The molecular weight excluding hydrogens is 224 g/mol. The first-order valence-corrected chi connectivity index (χ1v) is 5.91. The van der Waals surface area contributed by atoms with Crippen LogP contribution in [0.4, 0.5) is 17.1 Å². The maximum absolute atomic E-state index is 5.39. The minimum atomic E-state index is 0.870. The van der Waals surface area contributed by atoms with Crippen LogP contribution in [0.1, 0.15) is 0 Å². The van der Waals surface area contributed by atoms with E-state index in [1.165, 1.54) is 0 Å². The number of benzene rings is 2. The zero-order valence-electron chi connectivity index (χ0n) is 11.0. The third-order valence-corrected chi connectivity index (χ3v) is 2.97. The lowest BCUT2D eigenvalue weighted by Gasteiger charge is -2.22. The summed E-state index contributed by atoms with van der Waals surface area (Å²) in [5, 5.41) is 3.14. The summed E-state index contributed by atoms with van der Waals surface area (Å²) in [4.78, 5) is 2.11. The monoisotopic (exact) mass is 242 g/mol. The summed E-state index contributed by atoms with van der Waals surface area (Å²) < 4.78 is 5.39.